The van der Waals surface area contributed by atoms with Crippen LogP contribution < -0.4 is 0 Å². The lowest BCUT2D eigenvalue weighted by atomic mass is 9.88. The summed E-state index contributed by atoms with van der Waals surface area (Å²) in [5, 5.41) is 39.3. The first kappa shape index (κ1) is 59.4. The predicted molar refractivity (Wildman–Crippen MR) is 291 cm³/mol. The lowest BCUT2D eigenvalue weighted by molar-refractivity contribution is -0.340. The summed E-state index contributed by atoms with van der Waals surface area (Å²) >= 11 is 0. The molecular weight excluding hydrogens is 981 g/mol. The summed E-state index contributed by atoms with van der Waals surface area (Å²) < 4.78 is 60.7. The van der Waals surface area contributed by atoms with Crippen LogP contribution in [0.25, 0.3) is 0 Å². The van der Waals surface area contributed by atoms with Crippen molar-refractivity contribution >= 4 is 0 Å². The van der Waals surface area contributed by atoms with E-state index in [0.29, 0.717) is 91.4 Å². The van der Waals surface area contributed by atoms with Crippen LogP contribution in [0.1, 0.15) is 138 Å². The SMILES string of the molecule is OC1CC(CCOCc2ccccc2)OC2(C1)CC(O)CC(CCOCc1ccccc1)O2.OCC1CCCC2(CCCC(CO)O2)O1.c1ccc(COCC2CCCC3(CCCC(COCc4ccccc4)O3)O2)cc1. The average molecular weight is 1070 g/mol. The number of aliphatic hydroxyl groups excluding tert-OH is 4. The van der Waals surface area contributed by atoms with E-state index in [1.165, 1.54) is 11.1 Å². The fraction of sp³-hybridized carbons (Fsp3) is 0.619. The van der Waals surface area contributed by atoms with Crippen molar-refractivity contribution in [3.8, 4) is 0 Å². The number of aliphatic hydroxyl groups is 4. The molecule has 6 saturated heterocycles. The summed E-state index contributed by atoms with van der Waals surface area (Å²) in [6.07, 6.45) is 13.8. The van der Waals surface area contributed by atoms with Gasteiger partial charge in [-0.05, 0) is 99.3 Å². The standard InChI is InChI=1S/C27H36O6.C25H32O4.C11H20O4/c28-23-15-25(11-13-30-19-21-7-3-1-4-8-21)32-27(17-23)18-24(29)16-26(33-27)12-14-31-20-22-9-5-2-6-10-22;1-3-9-21(10-4-1)17-26-19-23-13-7-15-25(28-23)16-8-14-24(29-25)20-27-18-22-11-5-2-6-12-22;12-7-9-3-1-5-11(14-9)6-2-4-10(8-13)15-11/h1-10,23-26,28-29H,11-20H2;1-6,9-12,23-24H,7-8,13-20H2;9-10,12-13H,1-8H2. The van der Waals surface area contributed by atoms with E-state index in [9.17, 15) is 10.2 Å². The molecule has 6 fully saturated rings. The third-order valence-electron chi connectivity index (χ3n) is 15.4. The maximum Gasteiger partial charge on any atom is 0.173 e. The van der Waals surface area contributed by atoms with Gasteiger partial charge in [0, 0.05) is 51.7 Å². The number of ether oxygens (including phenoxy) is 10. The van der Waals surface area contributed by atoms with E-state index in [1.54, 1.807) is 0 Å². The smallest absolute Gasteiger partial charge is 0.173 e. The van der Waals surface area contributed by atoms with E-state index in [2.05, 4.69) is 24.3 Å². The molecular formula is C63H88O14. The molecule has 10 rings (SSSR count). The molecule has 6 aliphatic rings. The van der Waals surface area contributed by atoms with Gasteiger partial charge in [-0.15, -0.1) is 0 Å². The Morgan fingerprint density at radius 2 is 0.675 bits per heavy atom. The molecule has 4 N–H and O–H groups in total. The van der Waals surface area contributed by atoms with Crippen LogP contribution in [0.2, 0.25) is 0 Å². The van der Waals surface area contributed by atoms with Crippen LogP contribution in [-0.4, -0.2) is 126 Å². The molecule has 0 saturated carbocycles. The molecule has 3 spiro atoms. The van der Waals surface area contributed by atoms with Crippen LogP contribution in [0.4, 0.5) is 0 Å². The zero-order valence-electron chi connectivity index (χ0n) is 45.3. The lowest BCUT2D eigenvalue weighted by Gasteiger charge is -2.48. The van der Waals surface area contributed by atoms with Gasteiger partial charge in [-0.1, -0.05) is 121 Å². The van der Waals surface area contributed by atoms with Crippen LogP contribution in [0.15, 0.2) is 121 Å². The van der Waals surface area contributed by atoms with Crippen molar-refractivity contribution < 1.29 is 67.8 Å². The van der Waals surface area contributed by atoms with Crippen LogP contribution in [-0.2, 0) is 73.8 Å². The van der Waals surface area contributed by atoms with Crippen LogP contribution in [0.5, 0.6) is 0 Å². The summed E-state index contributed by atoms with van der Waals surface area (Å²) in [5.41, 5.74) is 4.66. The highest BCUT2D eigenvalue weighted by atomic mass is 16.7. The van der Waals surface area contributed by atoms with E-state index < -0.39 is 29.6 Å². The van der Waals surface area contributed by atoms with Gasteiger partial charge in [0.1, 0.15) is 0 Å². The first-order valence-electron chi connectivity index (χ1n) is 28.8. The number of hydrogen-bond acceptors (Lipinski definition) is 14. The van der Waals surface area contributed by atoms with Gasteiger partial charge in [-0.25, -0.2) is 0 Å². The molecule has 77 heavy (non-hydrogen) atoms. The predicted octanol–water partition coefficient (Wildman–Crippen LogP) is 10.0. The first-order valence-corrected chi connectivity index (χ1v) is 28.8. The van der Waals surface area contributed by atoms with E-state index in [1.807, 2.05) is 97.1 Å². The quantitative estimate of drug-likeness (QED) is 0.0616. The van der Waals surface area contributed by atoms with Crippen molar-refractivity contribution in [2.45, 2.75) is 208 Å². The van der Waals surface area contributed by atoms with E-state index >= 15 is 0 Å². The van der Waals surface area contributed by atoms with Crippen LogP contribution in [0, 0.1) is 0 Å². The summed E-state index contributed by atoms with van der Waals surface area (Å²) in [6, 6.07) is 40.7. The molecule has 14 heteroatoms. The second kappa shape index (κ2) is 31.4. The van der Waals surface area contributed by atoms with Crippen molar-refractivity contribution in [2.75, 3.05) is 39.6 Å². The maximum atomic E-state index is 10.5. The highest BCUT2D eigenvalue weighted by Gasteiger charge is 2.48. The van der Waals surface area contributed by atoms with Crippen molar-refractivity contribution in [1.82, 2.24) is 0 Å². The molecule has 0 radical (unpaired) electrons. The van der Waals surface area contributed by atoms with Gasteiger partial charge in [-0.2, -0.15) is 0 Å². The third kappa shape index (κ3) is 19.8. The van der Waals surface area contributed by atoms with Crippen molar-refractivity contribution in [1.29, 1.82) is 0 Å². The monoisotopic (exact) mass is 1070 g/mol. The molecule has 0 aliphatic carbocycles. The van der Waals surface area contributed by atoms with Crippen molar-refractivity contribution in [3.05, 3.63) is 144 Å². The Kier molecular flexibility index (Phi) is 24.2. The summed E-state index contributed by atoms with van der Waals surface area (Å²) in [5.74, 6) is -1.90. The summed E-state index contributed by atoms with van der Waals surface area (Å²) in [7, 11) is 0. The minimum atomic E-state index is -0.941. The maximum absolute atomic E-state index is 10.5. The average Bonchev–Trinajstić information content (AvgIpc) is 3.45. The van der Waals surface area contributed by atoms with Gasteiger partial charge < -0.3 is 67.8 Å². The van der Waals surface area contributed by atoms with Crippen molar-refractivity contribution in [2.24, 2.45) is 0 Å². The minimum absolute atomic E-state index is 0.0644. The lowest BCUT2D eigenvalue weighted by Crippen LogP contribution is -2.55. The molecule has 8 atom stereocenters. The highest BCUT2D eigenvalue weighted by Crippen LogP contribution is 2.42. The van der Waals surface area contributed by atoms with Crippen molar-refractivity contribution in [3.63, 3.8) is 0 Å². The van der Waals surface area contributed by atoms with Gasteiger partial charge in [0.2, 0.25) is 0 Å². The normalized spacial score (nSPS) is 31.2. The fourth-order valence-electron chi connectivity index (χ4n) is 11.7. The number of rotatable bonds is 20. The number of hydrogen-bond donors (Lipinski definition) is 4. The van der Waals surface area contributed by atoms with Gasteiger partial charge >= 0.3 is 0 Å². The van der Waals surface area contributed by atoms with Crippen LogP contribution in [0.3, 0.4) is 0 Å². The van der Waals surface area contributed by atoms with E-state index in [-0.39, 0.29) is 49.8 Å². The molecule has 6 heterocycles. The second-order valence-corrected chi connectivity index (χ2v) is 21.9. The van der Waals surface area contributed by atoms with E-state index in [0.717, 1.165) is 88.2 Å². The first-order chi connectivity index (χ1) is 37.7. The molecule has 424 valence electrons. The largest absolute Gasteiger partial charge is 0.394 e. The van der Waals surface area contributed by atoms with Gasteiger partial charge in [0.15, 0.2) is 17.4 Å². The molecule has 8 unspecified atom stereocenters. The Morgan fingerprint density at radius 1 is 0.377 bits per heavy atom. The zero-order valence-corrected chi connectivity index (χ0v) is 45.3. The molecule has 6 aliphatic heterocycles. The molecule has 0 amide bonds. The minimum Gasteiger partial charge on any atom is -0.394 e. The highest BCUT2D eigenvalue weighted by molar-refractivity contribution is 5.15. The Bertz CT molecular complexity index is 2030. The molecule has 4 aromatic carbocycles. The van der Waals surface area contributed by atoms with Gasteiger partial charge in [-0.3, -0.25) is 0 Å². The topological polar surface area (TPSA) is 173 Å². The number of benzene rings is 4. The van der Waals surface area contributed by atoms with Crippen LogP contribution >= 0.6 is 0 Å². The second-order valence-electron chi connectivity index (χ2n) is 21.9. The van der Waals surface area contributed by atoms with Gasteiger partial charge in [0.05, 0.1) is 102 Å². The Labute approximate surface area is 457 Å². The molecule has 14 nitrogen and oxygen atoms in total. The van der Waals surface area contributed by atoms with Gasteiger partial charge in [0.25, 0.3) is 0 Å². The zero-order chi connectivity index (χ0) is 53.4. The Morgan fingerprint density at radius 3 is 1.01 bits per heavy atom. The molecule has 4 aromatic rings. The molecule has 0 bridgehead atoms. The molecule has 0 aromatic heterocycles. The Hall–Kier alpha value is -3.68. The third-order valence-corrected chi connectivity index (χ3v) is 15.4. The fourth-order valence-corrected chi connectivity index (χ4v) is 11.7. The summed E-state index contributed by atoms with van der Waals surface area (Å²) in [6.45, 7) is 4.83. The van der Waals surface area contributed by atoms with E-state index in [4.69, 9.17) is 57.6 Å². The summed E-state index contributed by atoms with van der Waals surface area (Å²) in [4.78, 5) is 0. The Balaban J connectivity index is 0.000000163.